The number of aromatic nitrogens is 4. The third kappa shape index (κ3) is 4.35. The molecule has 0 fully saturated rings. The number of rotatable bonds is 6. The van der Waals surface area contributed by atoms with Gasteiger partial charge in [0, 0.05) is 5.69 Å². The van der Waals surface area contributed by atoms with Crippen LogP contribution in [0.25, 0.3) is 0 Å². The maximum Gasteiger partial charge on any atom is 0.344 e. The topological polar surface area (TPSA) is 129 Å². The first-order valence-electron chi connectivity index (χ1n) is 8.11. The quantitative estimate of drug-likeness (QED) is 0.627. The zero-order chi connectivity index (χ0) is 19.4. The lowest BCUT2D eigenvalue weighted by Gasteiger charge is -2.08. The van der Waals surface area contributed by atoms with Crippen molar-refractivity contribution in [2.45, 2.75) is 26.9 Å². The largest absolute Gasteiger partial charge is 0.454 e. The summed E-state index contributed by atoms with van der Waals surface area (Å²) in [4.78, 5) is 24.3. The number of nitrogens with two attached hydrogens (primary N) is 1. The average Bonchev–Trinajstić information content (AvgIpc) is 3.02. The summed E-state index contributed by atoms with van der Waals surface area (Å²) in [5.41, 5.74) is 7.06. The van der Waals surface area contributed by atoms with E-state index in [1.165, 1.54) is 24.3 Å². The fourth-order valence-corrected chi connectivity index (χ4v) is 2.34. The molecule has 140 valence electrons. The van der Waals surface area contributed by atoms with Gasteiger partial charge in [-0.15, -0.1) is 0 Å². The Morgan fingerprint density at radius 2 is 2.00 bits per heavy atom. The van der Waals surface area contributed by atoms with Gasteiger partial charge in [-0.05, 0) is 37.6 Å². The second-order valence-electron chi connectivity index (χ2n) is 5.56. The molecule has 0 amide bonds. The molecule has 27 heavy (non-hydrogen) atoms. The molecule has 3 N–H and O–H groups in total. The highest BCUT2D eigenvalue weighted by Gasteiger charge is 2.21. The van der Waals surface area contributed by atoms with Gasteiger partial charge >= 0.3 is 5.97 Å². The maximum atomic E-state index is 13.0. The van der Waals surface area contributed by atoms with Gasteiger partial charge in [0.25, 0.3) is 0 Å². The molecule has 0 aliphatic rings. The number of hydrogen-bond donors (Lipinski definition) is 2. The third-order valence-electron chi connectivity index (χ3n) is 3.60. The minimum atomic E-state index is -0.586. The van der Waals surface area contributed by atoms with E-state index in [4.69, 9.17) is 15.0 Å². The van der Waals surface area contributed by atoms with Gasteiger partial charge in [0.1, 0.15) is 17.1 Å². The van der Waals surface area contributed by atoms with Crippen LogP contribution in [0.4, 0.5) is 22.0 Å². The predicted molar refractivity (Wildman–Crippen MR) is 93.7 cm³/mol. The zero-order valence-electron chi connectivity index (χ0n) is 14.7. The maximum absolute atomic E-state index is 13.0. The summed E-state index contributed by atoms with van der Waals surface area (Å²) in [5.74, 6) is -0.304. The minimum absolute atomic E-state index is 0.0453. The third-order valence-corrected chi connectivity index (χ3v) is 3.60. The molecule has 2 aromatic heterocycles. The van der Waals surface area contributed by atoms with E-state index >= 15 is 0 Å². The van der Waals surface area contributed by atoms with Gasteiger partial charge in [0.15, 0.2) is 12.4 Å². The molecule has 0 radical (unpaired) electrons. The molecule has 10 heteroatoms. The van der Waals surface area contributed by atoms with Crippen molar-refractivity contribution < 1.29 is 18.4 Å². The average molecular weight is 372 g/mol. The number of aryl methyl sites for hydroxylation is 2. The highest BCUT2D eigenvalue weighted by Crippen LogP contribution is 2.17. The number of nitrogens with one attached hydrogen (secondary N) is 1. The molecule has 0 saturated heterocycles. The number of esters is 1. The molecule has 0 atom stereocenters. The molecule has 0 spiro atoms. The highest BCUT2D eigenvalue weighted by molar-refractivity contribution is 5.91. The Bertz CT molecular complexity index is 958. The zero-order valence-corrected chi connectivity index (χ0v) is 14.7. The fourth-order valence-electron chi connectivity index (χ4n) is 2.34. The lowest BCUT2D eigenvalue weighted by Crippen LogP contribution is -2.12. The van der Waals surface area contributed by atoms with Crippen LogP contribution < -0.4 is 11.1 Å². The summed E-state index contributed by atoms with van der Waals surface area (Å²) < 4.78 is 23.3. The van der Waals surface area contributed by atoms with Crippen molar-refractivity contribution in [3.05, 3.63) is 52.9 Å². The fraction of sp³-hybridized carbons (Fsp3) is 0.235. The summed E-state index contributed by atoms with van der Waals surface area (Å²) in [6.45, 7) is 3.28. The van der Waals surface area contributed by atoms with Crippen LogP contribution in [0.15, 0.2) is 28.8 Å². The Balaban J connectivity index is 1.71. The first-order valence-corrected chi connectivity index (χ1v) is 8.11. The van der Waals surface area contributed by atoms with E-state index in [9.17, 15) is 9.18 Å². The Kier molecular flexibility index (Phi) is 5.25. The van der Waals surface area contributed by atoms with Crippen molar-refractivity contribution in [2.75, 3.05) is 11.1 Å². The van der Waals surface area contributed by atoms with Crippen LogP contribution in [0.3, 0.4) is 0 Å². The smallest absolute Gasteiger partial charge is 0.344 e. The second-order valence-corrected chi connectivity index (χ2v) is 5.56. The molecule has 0 bridgehead atoms. The van der Waals surface area contributed by atoms with Crippen molar-refractivity contribution >= 4 is 23.6 Å². The molecule has 0 saturated carbocycles. The van der Waals surface area contributed by atoms with Gasteiger partial charge < -0.3 is 20.3 Å². The number of anilines is 3. The molecule has 0 unspecified atom stereocenters. The van der Waals surface area contributed by atoms with Crippen LogP contribution in [0.2, 0.25) is 0 Å². The lowest BCUT2D eigenvalue weighted by atomic mass is 10.1. The number of ether oxygens (including phenoxy) is 1. The first-order chi connectivity index (χ1) is 13.0. The number of nitrogen functional groups attached to an aromatic ring is 1. The first kappa shape index (κ1) is 18.2. The summed E-state index contributed by atoms with van der Waals surface area (Å²) >= 11 is 0. The standard InChI is InChI=1S/C17H17FN6O3/c1-3-12-14(9(2)27-24-12)15(25)26-8-13-21-16(19)23-17(22-13)20-11-6-4-10(18)5-7-11/h4-7H,3,8H2,1-2H3,(H3,19,20,21,22,23). The van der Waals surface area contributed by atoms with Gasteiger partial charge in [0.05, 0.1) is 5.69 Å². The van der Waals surface area contributed by atoms with Crippen LogP contribution in [0, 0.1) is 12.7 Å². The van der Waals surface area contributed by atoms with E-state index in [1.54, 1.807) is 6.92 Å². The van der Waals surface area contributed by atoms with Crippen molar-refractivity contribution in [3.8, 4) is 0 Å². The number of benzene rings is 1. The SMILES string of the molecule is CCc1noc(C)c1C(=O)OCc1nc(N)nc(Nc2ccc(F)cc2)n1. The summed E-state index contributed by atoms with van der Waals surface area (Å²) in [6.07, 6.45) is 0.534. The van der Waals surface area contributed by atoms with E-state index < -0.39 is 5.97 Å². The second kappa shape index (κ2) is 7.77. The number of carbonyl (C=O) groups is 1. The molecule has 0 aliphatic carbocycles. The van der Waals surface area contributed by atoms with E-state index in [0.29, 0.717) is 29.1 Å². The molecular formula is C17H17FN6O3. The van der Waals surface area contributed by atoms with Crippen LogP contribution in [0.1, 0.15) is 34.6 Å². The van der Waals surface area contributed by atoms with Crippen LogP contribution in [-0.4, -0.2) is 26.1 Å². The van der Waals surface area contributed by atoms with Crippen molar-refractivity contribution in [1.82, 2.24) is 20.1 Å². The summed E-state index contributed by atoms with van der Waals surface area (Å²) in [7, 11) is 0. The van der Waals surface area contributed by atoms with Crippen LogP contribution >= 0.6 is 0 Å². The molecule has 1 aromatic carbocycles. The normalized spacial score (nSPS) is 10.6. The van der Waals surface area contributed by atoms with Crippen molar-refractivity contribution in [3.63, 3.8) is 0 Å². The van der Waals surface area contributed by atoms with Gasteiger partial charge in [0.2, 0.25) is 11.9 Å². The van der Waals surface area contributed by atoms with Crippen LogP contribution in [-0.2, 0) is 17.8 Å². The van der Waals surface area contributed by atoms with E-state index in [-0.39, 0.29) is 30.1 Å². The molecule has 9 nitrogen and oxygen atoms in total. The molecule has 2 heterocycles. The van der Waals surface area contributed by atoms with Crippen molar-refractivity contribution in [1.29, 1.82) is 0 Å². The number of nitrogens with zero attached hydrogens (tertiary/aromatic N) is 4. The van der Waals surface area contributed by atoms with Gasteiger partial charge in [-0.1, -0.05) is 12.1 Å². The molecule has 0 aliphatic heterocycles. The number of carbonyl (C=O) groups excluding carboxylic acids is 1. The minimum Gasteiger partial charge on any atom is -0.454 e. The predicted octanol–water partition coefficient (Wildman–Crippen LogP) is 2.55. The van der Waals surface area contributed by atoms with E-state index in [1.807, 2.05) is 6.92 Å². The van der Waals surface area contributed by atoms with E-state index in [2.05, 4.69) is 25.4 Å². The Morgan fingerprint density at radius 3 is 2.70 bits per heavy atom. The lowest BCUT2D eigenvalue weighted by molar-refractivity contribution is 0.0459. The van der Waals surface area contributed by atoms with Gasteiger partial charge in [-0.3, -0.25) is 0 Å². The Labute approximate surface area is 153 Å². The summed E-state index contributed by atoms with van der Waals surface area (Å²) in [6, 6.07) is 5.64. The molecule has 3 aromatic rings. The van der Waals surface area contributed by atoms with Crippen LogP contribution in [0.5, 0.6) is 0 Å². The molecular weight excluding hydrogens is 355 g/mol. The summed E-state index contributed by atoms with van der Waals surface area (Å²) in [5, 5.41) is 6.70. The number of halogens is 1. The van der Waals surface area contributed by atoms with Gasteiger partial charge in [-0.2, -0.15) is 15.0 Å². The molecule has 3 rings (SSSR count). The monoisotopic (exact) mass is 372 g/mol. The highest BCUT2D eigenvalue weighted by atomic mass is 19.1. The van der Waals surface area contributed by atoms with E-state index in [0.717, 1.165) is 0 Å². The number of hydrogen-bond acceptors (Lipinski definition) is 9. The Morgan fingerprint density at radius 1 is 1.26 bits per heavy atom. The Hall–Kier alpha value is -3.56. The van der Waals surface area contributed by atoms with Gasteiger partial charge in [-0.25, -0.2) is 9.18 Å². The van der Waals surface area contributed by atoms with Crippen molar-refractivity contribution in [2.24, 2.45) is 0 Å².